The zero-order chi connectivity index (χ0) is 22.7. The molecule has 0 bridgehead atoms. The number of amides is 3. The fourth-order valence-electron chi connectivity index (χ4n) is 2.98. The molecule has 3 unspecified atom stereocenters. The van der Waals surface area contributed by atoms with Crippen LogP contribution in [-0.4, -0.2) is 72.5 Å². The molecule has 170 valence electrons. The number of aliphatic carboxylic acids is 1. The molecule has 9 N–H and O–H groups in total. The van der Waals surface area contributed by atoms with Gasteiger partial charge in [0.05, 0.1) is 12.6 Å². The van der Waals surface area contributed by atoms with Gasteiger partial charge in [-0.25, -0.2) is 4.79 Å². The number of carboxylic acid groups (broad SMARTS) is 1. The minimum absolute atomic E-state index is 0.0934. The number of carbonyl (C=O) groups excluding carboxylic acids is 3. The van der Waals surface area contributed by atoms with E-state index in [1.165, 1.54) is 0 Å². The van der Waals surface area contributed by atoms with Crippen LogP contribution < -0.4 is 32.7 Å². The molecular formula is C18H33N7O5. The van der Waals surface area contributed by atoms with E-state index in [2.05, 4.69) is 26.3 Å². The highest BCUT2D eigenvalue weighted by atomic mass is 16.4. The van der Waals surface area contributed by atoms with Crippen LogP contribution in [0.2, 0.25) is 0 Å². The number of carbonyl (C=O) groups is 4. The first kappa shape index (κ1) is 25.1. The third-order valence-electron chi connectivity index (χ3n) is 4.63. The van der Waals surface area contributed by atoms with Crippen LogP contribution in [0.4, 0.5) is 0 Å². The van der Waals surface area contributed by atoms with Gasteiger partial charge in [0.2, 0.25) is 17.7 Å². The maximum atomic E-state index is 12.5. The number of nitrogens with one attached hydrogen (secondary N) is 4. The molecular weight excluding hydrogens is 394 g/mol. The lowest BCUT2D eigenvalue weighted by atomic mass is 10.0. The van der Waals surface area contributed by atoms with Crippen molar-refractivity contribution in [2.24, 2.45) is 22.4 Å². The SMILES string of the molecule is CC(C)C(NC(=O)C1CCCN1)C(=O)NCC(=O)NC(CCCN=C(N)N)C(=O)O. The number of nitrogens with zero attached hydrogens (tertiary/aromatic N) is 1. The van der Waals surface area contributed by atoms with Crippen LogP contribution in [0.5, 0.6) is 0 Å². The molecule has 0 aromatic carbocycles. The summed E-state index contributed by atoms with van der Waals surface area (Å²) in [5.41, 5.74) is 10.4. The van der Waals surface area contributed by atoms with E-state index in [1.54, 1.807) is 13.8 Å². The summed E-state index contributed by atoms with van der Waals surface area (Å²) in [7, 11) is 0. The van der Waals surface area contributed by atoms with Gasteiger partial charge in [-0.1, -0.05) is 13.8 Å². The van der Waals surface area contributed by atoms with Gasteiger partial charge in [-0.3, -0.25) is 19.4 Å². The van der Waals surface area contributed by atoms with Crippen LogP contribution in [0, 0.1) is 5.92 Å². The average molecular weight is 428 g/mol. The molecule has 1 rings (SSSR count). The second-order valence-electron chi connectivity index (χ2n) is 7.50. The molecule has 0 radical (unpaired) electrons. The van der Waals surface area contributed by atoms with Gasteiger partial charge in [0.15, 0.2) is 5.96 Å². The smallest absolute Gasteiger partial charge is 0.326 e. The van der Waals surface area contributed by atoms with Crippen molar-refractivity contribution >= 4 is 29.7 Å². The van der Waals surface area contributed by atoms with Crippen molar-refractivity contribution in [2.75, 3.05) is 19.6 Å². The molecule has 1 aliphatic heterocycles. The first-order valence-corrected chi connectivity index (χ1v) is 10.0. The Labute approximate surface area is 175 Å². The summed E-state index contributed by atoms with van der Waals surface area (Å²) in [5.74, 6) is -2.90. The lowest BCUT2D eigenvalue weighted by molar-refractivity contribution is -0.142. The molecule has 1 heterocycles. The van der Waals surface area contributed by atoms with E-state index in [9.17, 15) is 24.3 Å². The fraction of sp³-hybridized carbons (Fsp3) is 0.722. The Balaban J connectivity index is 2.50. The van der Waals surface area contributed by atoms with Crippen molar-refractivity contribution in [2.45, 2.75) is 57.7 Å². The van der Waals surface area contributed by atoms with Crippen LogP contribution in [0.25, 0.3) is 0 Å². The van der Waals surface area contributed by atoms with Gasteiger partial charge in [0, 0.05) is 6.54 Å². The van der Waals surface area contributed by atoms with Crippen molar-refractivity contribution in [3.05, 3.63) is 0 Å². The minimum atomic E-state index is -1.20. The van der Waals surface area contributed by atoms with Crippen LogP contribution in [0.3, 0.4) is 0 Å². The van der Waals surface area contributed by atoms with E-state index < -0.39 is 36.4 Å². The zero-order valence-electron chi connectivity index (χ0n) is 17.4. The van der Waals surface area contributed by atoms with Crippen molar-refractivity contribution in [3.8, 4) is 0 Å². The van der Waals surface area contributed by atoms with E-state index >= 15 is 0 Å². The predicted octanol–water partition coefficient (Wildman–Crippen LogP) is -2.38. The lowest BCUT2D eigenvalue weighted by Gasteiger charge is -2.23. The van der Waals surface area contributed by atoms with Crippen LogP contribution in [0.1, 0.15) is 39.5 Å². The Morgan fingerprint density at radius 2 is 1.90 bits per heavy atom. The van der Waals surface area contributed by atoms with E-state index in [-0.39, 0.29) is 36.8 Å². The van der Waals surface area contributed by atoms with Gasteiger partial charge in [-0.2, -0.15) is 0 Å². The number of nitrogens with two attached hydrogens (primary N) is 2. The molecule has 0 aromatic heterocycles. The number of aliphatic imine (C=N–C) groups is 1. The predicted molar refractivity (Wildman–Crippen MR) is 110 cm³/mol. The molecule has 1 fully saturated rings. The third-order valence-corrected chi connectivity index (χ3v) is 4.63. The Hall–Kier alpha value is -2.89. The Bertz CT molecular complexity index is 643. The maximum Gasteiger partial charge on any atom is 0.326 e. The Morgan fingerprint density at radius 3 is 2.43 bits per heavy atom. The van der Waals surface area contributed by atoms with Crippen LogP contribution in [0.15, 0.2) is 4.99 Å². The quantitative estimate of drug-likeness (QED) is 0.102. The number of guanidine groups is 1. The molecule has 1 saturated heterocycles. The second-order valence-corrected chi connectivity index (χ2v) is 7.50. The summed E-state index contributed by atoms with van der Waals surface area (Å²) in [6, 6.07) is -2.25. The summed E-state index contributed by atoms with van der Waals surface area (Å²) >= 11 is 0. The van der Waals surface area contributed by atoms with Crippen LogP contribution >= 0.6 is 0 Å². The highest BCUT2D eigenvalue weighted by Gasteiger charge is 2.29. The molecule has 3 atom stereocenters. The highest BCUT2D eigenvalue weighted by Crippen LogP contribution is 2.08. The average Bonchev–Trinajstić information content (AvgIpc) is 3.20. The standard InChI is InChI=1S/C18H33N7O5/c1-10(2)14(25-15(27)11-5-3-7-21-11)16(28)23-9-13(26)24-12(17(29)30)6-4-8-22-18(19)20/h10-12,14,21H,3-9H2,1-2H3,(H,23,28)(H,24,26)(H,25,27)(H,29,30)(H4,19,20,22). The molecule has 30 heavy (non-hydrogen) atoms. The number of rotatable bonds is 12. The van der Waals surface area contributed by atoms with Gasteiger partial charge in [0.25, 0.3) is 0 Å². The zero-order valence-corrected chi connectivity index (χ0v) is 17.4. The largest absolute Gasteiger partial charge is 0.480 e. The van der Waals surface area contributed by atoms with Gasteiger partial charge < -0.3 is 37.8 Å². The highest BCUT2D eigenvalue weighted by molar-refractivity contribution is 5.92. The van der Waals surface area contributed by atoms with Crippen molar-refractivity contribution < 1.29 is 24.3 Å². The molecule has 0 saturated carbocycles. The first-order chi connectivity index (χ1) is 14.1. The molecule has 12 nitrogen and oxygen atoms in total. The van der Waals surface area contributed by atoms with Gasteiger partial charge in [0.1, 0.15) is 12.1 Å². The summed E-state index contributed by atoms with van der Waals surface area (Å²) in [5, 5.41) is 19.8. The summed E-state index contributed by atoms with van der Waals surface area (Å²) in [4.78, 5) is 51.9. The van der Waals surface area contributed by atoms with E-state index in [0.717, 1.165) is 13.0 Å². The monoisotopic (exact) mass is 427 g/mol. The minimum Gasteiger partial charge on any atom is -0.480 e. The maximum absolute atomic E-state index is 12.5. The molecule has 0 spiro atoms. The van der Waals surface area contributed by atoms with Crippen molar-refractivity contribution in [1.29, 1.82) is 0 Å². The summed E-state index contributed by atoms with van der Waals surface area (Å²) in [6.45, 7) is 4.16. The van der Waals surface area contributed by atoms with Crippen LogP contribution in [-0.2, 0) is 19.2 Å². The molecule has 12 heteroatoms. The Morgan fingerprint density at radius 1 is 1.20 bits per heavy atom. The summed E-state index contributed by atoms with van der Waals surface area (Å²) < 4.78 is 0. The number of carboxylic acids is 1. The number of hydrogen-bond donors (Lipinski definition) is 7. The first-order valence-electron chi connectivity index (χ1n) is 10.0. The normalized spacial score (nSPS) is 17.6. The Kier molecular flexibility index (Phi) is 10.6. The van der Waals surface area contributed by atoms with Gasteiger partial charge in [-0.15, -0.1) is 0 Å². The van der Waals surface area contributed by atoms with Gasteiger partial charge in [-0.05, 0) is 38.1 Å². The van der Waals surface area contributed by atoms with Crippen molar-refractivity contribution in [1.82, 2.24) is 21.3 Å². The second kappa shape index (κ2) is 12.6. The van der Waals surface area contributed by atoms with Gasteiger partial charge >= 0.3 is 5.97 Å². The van der Waals surface area contributed by atoms with E-state index in [4.69, 9.17) is 11.5 Å². The van der Waals surface area contributed by atoms with E-state index in [1.807, 2.05) is 0 Å². The third kappa shape index (κ3) is 9.07. The topological polar surface area (TPSA) is 201 Å². The fourth-order valence-corrected chi connectivity index (χ4v) is 2.98. The lowest BCUT2D eigenvalue weighted by Crippen LogP contribution is -2.55. The molecule has 0 aromatic rings. The summed E-state index contributed by atoms with van der Waals surface area (Å²) in [6.07, 6.45) is 2.09. The molecule has 1 aliphatic rings. The molecule has 0 aliphatic carbocycles. The van der Waals surface area contributed by atoms with Crippen molar-refractivity contribution in [3.63, 3.8) is 0 Å². The molecule has 3 amide bonds. The number of hydrogen-bond acceptors (Lipinski definition) is 6. The van der Waals surface area contributed by atoms with E-state index in [0.29, 0.717) is 12.8 Å².